The lowest BCUT2D eigenvalue weighted by atomic mass is 10.1. The average Bonchev–Trinajstić information content (AvgIpc) is 3.11. The van der Waals surface area contributed by atoms with E-state index in [-0.39, 0.29) is 11.3 Å². The monoisotopic (exact) mass is 474 g/mol. The van der Waals surface area contributed by atoms with Crippen LogP contribution in [-0.2, 0) is 16.1 Å². The quantitative estimate of drug-likeness (QED) is 0.372. The number of methoxy groups -OCH3 is 3. The summed E-state index contributed by atoms with van der Waals surface area (Å²) in [6.07, 6.45) is 1.00. The van der Waals surface area contributed by atoms with Crippen molar-refractivity contribution in [3.63, 3.8) is 0 Å². The van der Waals surface area contributed by atoms with Crippen LogP contribution in [0.3, 0.4) is 0 Å². The summed E-state index contributed by atoms with van der Waals surface area (Å²) in [5, 5.41) is 2.47. The highest BCUT2D eigenvalue weighted by Gasteiger charge is 2.20. The van der Waals surface area contributed by atoms with Crippen molar-refractivity contribution in [2.45, 2.75) is 40.7 Å². The number of amides is 1. The zero-order valence-electron chi connectivity index (χ0n) is 20.9. The van der Waals surface area contributed by atoms with Gasteiger partial charge in [0, 0.05) is 29.1 Å². The number of rotatable bonds is 12. The Labute approximate surface area is 200 Å². The number of nitrogens with zero attached hydrogens (tertiary/aromatic N) is 1. The Morgan fingerprint density at radius 2 is 1.59 bits per heavy atom. The van der Waals surface area contributed by atoms with Crippen molar-refractivity contribution in [3.8, 4) is 17.2 Å². The van der Waals surface area contributed by atoms with Gasteiger partial charge in [-0.15, -0.1) is 0 Å². The summed E-state index contributed by atoms with van der Waals surface area (Å²) in [6, 6.07) is 4.76. The molecule has 0 atom stereocenters. The maximum Gasteiger partial charge on any atom is 0.325 e. The summed E-state index contributed by atoms with van der Waals surface area (Å²) >= 11 is 0. The van der Waals surface area contributed by atoms with E-state index >= 15 is 0 Å². The van der Waals surface area contributed by atoms with Gasteiger partial charge in [0.15, 0.2) is 18.1 Å². The Kier molecular flexibility index (Phi) is 9.53. The molecular weight excluding hydrogens is 440 g/mol. The fourth-order valence-electron chi connectivity index (χ4n) is 3.56. The summed E-state index contributed by atoms with van der Waals surface area (Å²) < 4.78 is 22.9. The number of carbonyl (C=O) groups excluding carboxylic acids is 3. The first-order valence-electron chi connectivity index (χ1n) is 11.1. The van der Waals surface area contributed by atoms with Gasteiger partial charge < -0.3 is 28.8 Å². The Bertz CT molecular complexity index is 1020. The molecule has 9 nitrogen and oxygen atoms in total. The number of benzene rings is 1. The van der Waals surface area contributed by atoms with Gasteiger partial charge in [-0.25, -0.2) is 0 Å². The molecule has 1 aromatic carbocycles. The topological polar surface area (TPSA) is 105 Å². The SMILES string of the molecule is COc1cc(C(=O)NCC(=O)OCC(=O)c2cc(C)n(CCC(C)C)c2C)cc(OC)c1OC. The van der Waals surface area contributed by atoms with Crippen LogP contribution in [0.25, 0.3) is 0 Å². The molecule has 0 aliphatic carbocycles. The average molecular weight is 475 g/mol. The van der Waals surface area contributed by atoms with Crippen LogP contribution in [0.5, 0.6) is 17.2 Å². The second kappa shape index (κ2) is 12.1. The molecule has 0 unspecified atom stereocenters. The molecule has 0 aliphatic rings. The Morgan fingerprint density at radius 1 is 0.971 bits per heavy atom. The molecule has 1 N–H and O–H groups in total. The second-order valence-electron chi connectivity index (χ2n) is 8.30. The summed E-state index contributed by atoms with van der Waals surface area (Å²) in [4.78, 5) is 37.2. The maximum absolute atomic E-state index is 12.6. The lowest BCUT2D eigenvalue weighted by Crippen LogP contribution is -2.31. The molecule has 0 spiro atoms. The van der Waals surface area contributed by atoms with Gasteiger partial charge in [-0.1, -0.05) is 13.8 Å². The smallest absolute Gasteiger partial charge is 0.325 e. The van der Waals surface area contributed by atoms with Crippen LogP contribution in [0.4, 0.5) is 0 Å². The van der Waals surface area contributed by atoms with Crippen LogP contribution in [0.15, 0.2) is 18.2 Å². The lowest BCUT2D eigenvalue weighted by Gasteiger charge is -2.14. The van der Waals surface area contributed by atoms with Crippen molar-refractivity contribution in [1.82, 2.24) is 9.88 Å². The standard InChI is InChI=1S/C25H34N2O7/c1-15(2)8-9-27-16(3)10-19(17(27)4)20(28)14-34-23(29)13-26-25(30)18-11-21(31-5)24(33-7)22(12-18)32-6/h10-12,15H,8-9,13-14H2,1-7H3,(H,26,30). The largest absolute Gasteiger partial charge is 0.493 e. The van der Waals surface area contributed by atoms with Crippen LogP contribution in [0, 0.1) is 19.8 Å². The van der Waals surface area contributed by atoms with E-state index in [2.05, 4.69) is 23.7 Å². The van der Waals surface area contributed by atoms with Crippen molar-refractivity contribution < 1.29 is 33.3 Å². The van der Waals surface area contributed by atoms with Gasteiger partial charge in [0.05, 0.1) is 21.3 Å². The fourth-order valence-corrected chi connectivity index (χ4v) is 3.56. The van der Waals surface area contributed by atoms with E-state index in [1.54, 1.807) is 0 Å². The molecule has 2 rings (SSSR count). The van der Waals surface area contributed by atoms with Gasteiger partial charge in [0.25, 0.3) is 5.91 Å². The summed E-state index contributed by atoms with van der Waals surface area (Å²) in [5.74, 6) is -0.0100. The van der Waals surface area contributed by atoms with Crippen LogP contribution in [0.2, 0.25) is 0 Å². The zero-order valence-corrected chi connectivity index (χ0v) is 20.9. The molecule has 2 aromatic rings. The Hall–Kier alpha value is -3.49. The normalized spacial score (nSPS) is 10.7. The number of esters is 1. The van der Waals surface area contributed by atoms with E-state index < -0.39 is 25.0 Å². The molecule has 0 radical (unpaired) electrons. The number of hydrogen-bond donors (Lipinski definition) is 1. The number of Topliss-reactive ketones (excluding diaryl/α,β-unsaturated/α-hetero) is 1. The molecule has 0 fully saturated rings. The van der Waals surface area contributed by atoms with Gasteiger partial charge in [-0.05, 0) is 44.4 Å². The van der Waals surface area contributed by atoms with Gasteiger partial charge in [-0.3, -0.25) is 14.4 Å². The third-order valence-electron chi connectivity index (χ3n) is 5.49. The van der Waals surface area contributed by atoms with E-state index in [4.69, 9.17) is 18.9 Å². The van der Waals surface area contributed by atoms with Gasteiger partial charge >= 0.3 is 5.97 Å². The highest BCUT2D eigenvalue weighted by atomic mass is 16.5. The molecule has 0 saturated carbocycles. The van der Waals surface area contributed by atoms with Crippen LogP contribution in [0.1, 0.15) is 52.4 Å². The van der Waals surface area contributed by atoms with Crippen molar-refractivity contribution in [2.24, 2.45) is 5.92 Å². The van der Waals surface area contributed by atoms with E-state index in [0.29, 0.717) is 28.7 Å². The van der Waals surface area contributed by atoms with Crippen molar-refractivity contribution in [1.29, 1.82) is 0 Å². The predicted octanol–water partition coefficient (Wildman–Crippen LogP) is 3.33. The molecule has 1 heterocycles. The van der Waals surface area contributed by atoms with Crippen molar-refractivity contribution in [2.75, 3.05) is 34.5 Å². The number of ketones is 1. The van der Waals surface area contributed by atoms with Gasteiger partial charge in [-0.2, -0.15) is 0 Å². The van der Waals surface area contributed by atoms with Gasteiger partial charge in [0.1, 0.15) is 6.54 Å². The second-order valence-corrected chi connectivity index (χ2v) is 8.30. The Morgan fingerprint density at radius 3 is 2.12 bits per heavy atom. The van der Waals surface area contributed by atoms with Crippen molar-refractivity contribution >= 4 is 17.7 Å². The predicted molar refractivity (Wildman–Crippen MR) is 127 cm³/mol. The summed E-state index contributed by atoms with van der Waals surface area (Å²) in [6.45, 7) is 8.19. The molecule has 0 aliphatic heterocycles. The highest BCUT2D eigenvalue weighted by molar-refractivity contribution is 6.00. The maximum atomic E-state index is 12.6. The third kappa shape index (κ3) is 6.52. The van der Waals surface area contributed by atoms with Crippen LogP contribution in [-0.4, -0.2) is 56.7 Å². The first-order valence-corrected chi connectivity index (χ1v) is 11.1. The van der Waals surface area contributed by atoms with E-state index in [1.165, 1.54) is 33.5 Å². The lowest BCUT2D eigenvalue weighted by molar-refractivity contribution is -0.141. The first kappa shape index (κ1) is 26.8. The number of ether oxygens (including phenoxy) is 4. The minimum absolute atomic E-state index is 0.215. The first-order chi connectivity index (χ1) is 16.1. The van der Waals surface area contributed by atoms with Crippen molar-refractivity contribution in [3.05, 3.63) is 40.7 Å². The number of carbonyl (C=O) groups is 3. The Balaban J connectivity index is 1.94. The van der Waals surface area contributed by atoms with Crippen LogP contribution >= 0.6 is 0 Å². The minimum atomic E-state index is -0.720. The number of hydrogen-bond acceptors (Lipinski definition) is 7. The van der Waals surface area contributed by atoms with Crippen LogP contribution < -0.4 is 19.5 Å². The number of aromatic nitrogens is 1. The molecule has 0 bridgehead atoms. The molecule has 9 heteroatoms. The number of nitrogens with one attached hydrogen (secondary N) is 1. The molecule has 1 amide bonds. The third-order valence-corrected chi connectivity index (χ3v) is 5.49. The highest BCUT2D eigenvalue weighted by Crippen LogP contribution is 2.38. The van der Waals surface area contributed by atoms with E-state index in [9.17, 15) is 14.4 Å². The van der Waals surface area contributed by atoms with Gasteiger partial charge in [0.2, 0.25) is 11.5 Å². The summed E-state index contributed by atoms with van der Waals surface area (Å²) in [5.41, 5.74) is 2.60. The molecule has 1 aromatic heterocycles. The number of aryl methyl sites for hydroxylation is 1. The fraction of sp³-hybridized carbons (Fsp3) is 0.480. The van der Waals surface area contributed by atoms with E-state index in [0.717, 1.165) is 24.4 Å². The zero-order chi connectivity index (χ0) is 25.4. The van der Waals surface area contributed by atoms with E-state index in [1.807, 2.05) is 19.9 Å². The molecule has 186 valence electrons. The summed E-state index contributed by atoms with van der Waals surface area (Å²) in [7, 11) is 4.34. The minimum Gasteiger partial charge on any atom is -0.493 e. The molecule has 0 saturated heterocycles. The molecular formula is C25H34N2O7. The molecule has 34 heavy (non-hydrogen) atoms.